The van der Waals surface area contributed by atoms with Crippen molar-refractivity contribution in [2.24, 2.45) is 10.7 Å². The molecule has 3 rings (SSSR count). The smallest absolute Gasteiger partial charge is 0.193 e. The first kappa shape index (κ1) is 18.6. The maximum atomic E-state index is 5.95. The van der Waals surface area contributed by atoms with E-state index < -0.39 is 0 Å². The van der Waals surface area contributed by atoms with Crippen molar-refractivity contribution in [2.45, 2.75) is 39.0 Å². The van der Waals surface area contributed by atoms with Crippen LogP contribution in [-0.2, 0) is 6.42 Å². The minimum atomic E-state index is 0. The summed E-state index contributed by atoms with van der Waals surface area (Å²) in [5, 5.41) is 3.14. The molecule has 0 atom stereocenters. The predicted molar refractivity (Wildman–Crippen MR) is 109 cm³/mol. The van der Waals surface area contributed by atoms with Crippen molar-refractivity contribution in [3.8, 4) is 0 Å². The molecule has 1 aromatic heterocycles. The number of benzene rings is 1. The number of halogens is 1. The van der Waals surface area contributed by atoms with Gasteiger partial charge in [0.15, 0.2) is 5.96 Å². The van der Waals surface area contributed by atoms with Gasteiger partial charge in [0, 0.05) is 30.5 Å². The molecule has 1 aliphatic rings. The van der Waals surface area contributed by atoms with Crippen LogP contribution in [0.2, 0.25) is 0 Å². The van der Waals surface area contributed by atoms with Crippen molar-refractivity contribution < 1.29 is 0 Å². The molecule has 24 heavy (non-hydrogen) atoms. The summed E-state index contributed by atoms with van der Waals surface area (Å²) in [7, 11) is 0. The predicted octanol–water partition coefficient (Wildman–Crippen LogP) is 3.56. The second-order valence-electron chi connectivity index (χ2n) is 6.24. The van der Waals surface area contributed by atoms with E-state index in [1.165, 1.54) is 24.0 Å². The molecule has 6 heteroatoms. The summed E-state index contributed by atoms with van der Waals surface area (Å²) >= 11 is 0. The van der Waals surface area contributed by atoms with E-state index >= 15 is 0 Å². The number of aromatic nitrogens is 2. The van der Waals surface area contributed by atoms with Gasteiger partial charge in [0.25, 0.3) is 0 Å². The number of aliphatic imine (C=N–C) groups is 1. The summed E-state index contributed by atoms with van der Waals surface area (Å²) in [6.07, 6.45) is 7.06. The zero-order valence-corrected chi connectivity index (χ0v) is 16.5. The fourth-order valence-electron chi connectivity index (χ4n) is 2.59. The van der Waals surface area contributed by atoms with Crippen LogP contribution in [0.1, 0.15) is 41.3 Å². The third-order valence-corrected chi connectivity index (χ3v) is 3.84. The van der Waals surface area contributed by atoms with E-state index in [-0.39, 0.29) is 24.0 Å². The Hall–Kier alpha value is -1.70. The lowest BCUT2D eigenvalue weighted by Crippen LogP contribution is -2.23. The average Bonchev–Trinajstić information content (AvgIpc) is 3.31. The van der Waals surface area contributed by atoms with Crippen molar-refractivity contribution in [1.29, 1.82) is 0 Å². The summed E-state index contributed by atoms with van der Waals surface area (Å²) in [6.45, 7) is 4.75. The maximum absolute atomic E-state index is 5.95. The number of aryl methyl sites for hydroxylation is 2. The Labute approximate surface area is 160 Å². The highest BCUT2D eigenvalue weighted by Gasteiger charge is 2.25. The van der Waals surface area contributed by atoms with Crippen molar-refractivity contribution in [1.82, 2.24) is 9.97 Å². The molecule has 0 aliphatic heterocycles. The van der Waals surface area contributed by atoms with E-state index in [0.717, 1.165) is 23.5 Å². The van der Waals surface area contributed by atoms with Gasteiger partial charge in [-0.05, 0) is 61.9 Å². The largest absolute Gasteiger partial charge is 0.370 e. The molecule has 0 bridgehead atoms. The van der Waals surface area contributed by atoms with Gasteiger partial charge >= 0.3 is 0 Å². The Morgan fingerprint density at radius 1 is 1.17 bits per heavy atom. The molecule has 1 aromatic carbocycles. The third-order valence-electron chi connectivity index (χ3n) is 3.84. The van der Waals surface area contributed by atoms with Crippen LogP contribution in [-0.4, -0.2) is 22.5 Å². The van der Waals surface area contributed by atoms with Crippen LogP contribution in [0.25, 0.3) is 0 Å². The Bertz CT molecular complexity index is 688. The van der Waals surface area contributed by atoms with Gasteiger partial charge in [0.1, 0.15) is 5.82 Å². The standard InChI is InChI=1S/C18H23N5.HI/c1-12-7-13(2)9-16(8-12)23-18(19)20-6-5-14-10-21-17(22-11-14)15-3-4-15;/h7-11,15H,3-6H2,1-2H3,(H3,19,20,23);1H. The average molecular weight is 437 g/mol. The first-order valence-electron chi connectivity index (χ1n) is 8.06. The minimum absolute atomic E-state index is 0. The van der Waals surface area contributed by atoms with Crippen molar-refractivity contribution >= 4 is 35.6 Å². The van der Waals surface area contributed by atoms with E-state index in [2.05, 4.69) is 52.3 Å². The summed E-state index contributed by atoms with van der Waals surface area (Å²) < 4.78 is 0. The number of nitrogens with zero attached hydrogens (tertiary/aromatic N) is 3. The molecule has 1 saturated carbocycles. The van der Waals surface area contributed by atoms with Crippen molar-refractivity contribution in [2.75, 3.05) is 11.9 Å². The van der Waals surface area contributed by atoms with Crippen LogP contribution in [0, 0.1) is 13.8 Å². The summed E-state index contributed by atoms with van der Waals surface area (Å²) in [4.78, 5) is 13.2. The normalized spacial score (nSPS) is 14.2. The van der Waals surface area contributed by atoms with Crippen LogP contribution in [0.15, 0.2) is 35.6 Å². The first-order valence-corrected chi connectivity index (χ1v) is 8.06. The van der Waals surface area contributed by atoms with E-state index in [1.807, 2.05) is 12.4 Å². The molecule has 5 nitrogen and oxygen atoms in total. The molecule has 0 saturated heterocycles. The minimum Gasteiger partial charge on any atom is -0.370 e. The van der Waals surface area contributed by atoms with E-state index in [4.69, 9.17) is 5.73 Å². The number of guanidine groups is 1. The summed E-state index contributed by atoms with van der Waals surface area (Å²) in [6, 6.07) is 6.24. The lowest BCUT2D eigenvalue weighted by molar-refractivity contribution is 0.881. The highest BCUT2D eigenvalue weighted by molar-refractivity contribution is 14.0. The summed E-state index contributed by atoms with van der Waals surface area (Å²) in [5.74, 6) is 2.01. The lowest BCUT2D eigenvalue weighted by Gasteiger charge is -2.08. The number of anilines is 1. The molecule has 128 valence electrons. The number of nitrogens with two attached hydrogens (primary N) is 1. The Morgan fingerprint density at radius 3 is 2.38 bits per heavy atom. The van der Waals surface area contributed by atoms with Gasteiger partial charge in [0.05, 0.1) is 0 Å². The molecule has 0 amide bonds. The van der Waals surface area contributed by atoms with E-state index in [1.54, 1.807) is 0 Å². The molecule has 0 unspecified atom stereocenters. The molecular weight excluding hydrogens is 413 g/mol. The molecule has 0 radical (unpaired) electrons. The molecule has 1 fully saturated rings. The fourth-order valence-corrected chi connectivity index (χ4v) is 2.59. The second kappa shape index (κ2) is 8.41. The van der Waals surface area contributed by atoms with Crippen molar-refractivity contribution in [3.63, 3.8) is 0 Å². The van der Waals surface area contributed by atoms with Crippen molar-refractivity contribution in [3.05, 3.63) is 53.1 Å². The van der Waals surface area contributed by atoms with E-state index in [9.17, 15) is 0 Å². The van der Waals surface area contributed by atoms with Crippen LogP contribution in [0.3, 0.4) is 0 Å². The Balaban J connectivity index is 0.00000208. The van der Waals surface area contributed by atoms with Crippen LogP contribution in [0.4, 0.5) is 5.69 Å². The fraction of sp³-hybridized carbons (Fsp3) is 0.389. The first-order chi connectivity index (χ1) is 11.1. The quantitative estimate of drug-likeness (QED) is 0.426. The van der Waals surface area contributed by atoms with Gasteiger partial charge < -0.3 is 11.1 Å². The number of hydrogen-bond acceptors (Lipinski definition) is 3. The van der Waals surface area contributed by atoms with Crippen LogP contribution >= 0.6 is 24.0 Å². The van der Waals surface area contributed by atoms with Gasteiger partial charge in [-0.2, -0.15) is 0 Å². The SMILES string of the molecule is Cc1cc(C)cc(NC(N)=NCCc2cnc(C3CC3)nc2)c1.I. The van der Waals surface area contributed by atoms with Crippen LogP contribution in [0.5, 0.6) is 0 Å². The highest BCUT2D eigenvalue weighted by Crippen LogP contribution is 2.37. The molecule has 3 N–H and O–H groups in total. The second-order valence-corrected chi connectivity index (χ2v) is 6.24. The highest BCUT2D eigenvalue weighted by atomic mass is 127. The molecular formula is C18H24IN5. The maximum Gasteiger partial charge on any atom is 0.193 e. The Kier molecular flexibility index (Phi) is 6.53. The molecule has 1 heterocycles. The van der Waals surface area contributed by atoms with Gasteiger partial charge in [0.2, 0.25) is 0 Å². The molecule has 0 spiro atoms. The zero-order valence-electron chi connectivity index (χ0n) is 14.1. The van der Waals surface area contributed by atoms with Crippen LogP contribution < -0.4 is 11.1 Å². The van der Waals surface area contributed by atoms with Gasteiger partial charge in [-0.1, -0.05) is 6.07 Å². The van der Waals surface area contributed by atoms with Gasteiger partial charge in [-0.25, -0.2) is 9.97 Å². The molecule has 1 aliphatic carbocycles. The summed E-state index contributed by atoms with van der Waals surface area (Å²) in [5.41, 5.74) is 10.4. The Morgan fingerprint density at radius 2 is 1.79 bits per heavy atom. The topological polar surface area (TPSA) is 76.2 Å². The number of hydrogen-bond donors (Lipinski definition) is 2. The van der Waals surface area contributed by atoms with E-state index in [0.29, 0.717) is 18.4 Å². The lowest BCUT2D eigenvalue weighted by atomic mass is 10.1. The van der Waals surface area contributed by atoms with Gasteiger partial charge in [-0.15, -0.1) is 24.0 Å². The third kappa shape index (κ3) is 5.43. The number of nitrogens with one attached hydrogen (secondary N) is 1. The zero-order chi connectivity index (χ0) is 16.2. The van der Waals surface area contributed by atoms with Gasteiger partial charge in [-0.3, -0.25) is 4.99 Å². The monoisotopic (exact) mass is 437 g/mol. The number of rotatable bonds is 5. The molecule has 2 aromatic rings.